The van der Waals surface area contributed by atoms with Gasteiger partial charge in [-0.3, -0.25) is 4.79 Å². The van der Waals surface area contributed by atoms with Crippen LogP contribution in [0.1, 0.15) is 25.7 Å². The van der Waals surface area contributed by atoms with Gasteiger partial charge in [0, 0.05) is 12.8 Å². The van der Waals surface area contributed by atoms with Crippen LogP contribution >= 0.6 is 0 Å². The van der Waals surface area contributed by atoms with E-state index in [0.29, 0.717) is 13.0 Å². The second-order valence-electron chi connectivity index (χ2n) is 4.69. The lowest BCUT2D eigenvalue weighted by atomic mass is 9.60. The molecule has 86 valence electrons. The molecular formula is C10H15F2NO2. The minimum atomic E-state index is -2.52. The third kappa shape index (κ3) is 1.97. The van der Waals surface area contributed by atoms with Crippen LogP contribution in [0.15, 0.2) is 0 Å². The average molecular weight is 219 g/mol. The van der Waals surface area contributed by atoms with Crippen molar-refractivity contribution >= 4 is 5.97 Å². The zero-order valence-corrected chi connectivity index (χ0v) is 8.69. The van der Waals surface area contributed by atoms with E-state index in [-0.39, 0.29) is 24.2 Å². The van der Waals surface area contributed by atoms with E-state index in [9.17, 15) is 13.6 Å². The van der Waals surface area contributed by atoms with E-state index in [0.717, 1.165) is 6.42 Å². The van der Waals surface area contributed by atoms with Crippen LogP contribution in [-0.4, -0.2) is 31.6 Å². The summed E-state index contributed by atoms with van der Waals surface area (Å²) in [6.07, 6.45) is 1.07. The van der Waals surface area contributed by atoms with Crippen molar-refractivity contribution in [2.75, 3.05) is 13.7 Å². The Hall–Kier alpha value is -0.710. The van der Waals surface area contributed by atoms with Gasteiger partial charge in [0.1, 0.15) is 6.04 Å². The number of esters is 1. The number of hydrogen-bond donors (Lipinski definition) is 1. The van der Waals surface area contributed by atoms with Crippen molar-refractivity contribution in [2.45, 2.75) is 37.6 Å². The number of methoxy groups -OCH3 is 1. The highest BCUT2D eigenvalue weighted by Crippen LogP contribution is 2.57. The Morgan fingerprint density at radius 2 is 2.13 bits per heavy atom. The average Bonchev–Trinajstić information content (AvgIpc) is 2.13. The minimum Gasteiger partial charge on any atom is -0.468 e. The molecule has 15 heavy (non-hydrogen) atoms. The Morgan fingerprint density at radius 3 is 2.67 bits per heavy atom. The van der Waals surface area contributed by atoms with E-state index >= 15 is 0 Å². The second-order valence-corrected chi connectivity index (χ2v) is 4.69. The standard InChI is InChI=1S/C10H15F2NO2/c1-15-8(14)7-4-9(2-3-13-7)5-10(11,12)6-9/h7,13H,2-6H2,1H3. The number of piperidine rings is 1. The van der Waals surface area contributed by atoms with E-state index in [4.69, 9.17) is 0 Å². The molecule has 0 radical (unpaired) electrons. The molecule has 3 nitrogen and oxygen atoms in total. The van der Waals surface area contributed by atoms with Gasteiger partial charge < -0.3 is 10.1 Å². The molecule has 1 heterocycles. The molecule has 2 fully saturated rings. The van der Waals surface area contributed by atoms with E-state index in [1.165, 1.54) is 7.11 Å². The summed E-state index contributed by atoms with van der Waals surface area (Å²) in [5, 5.41) is 3.00. The first kappa shape index (κ1) is 10.8. The zero-order valence-electron chi connectivity index (χ0n) is 8.69. The Kier molecular flexibility index (Phi) is 2.45. The lowest BCUT2D eigenvalue weighted by Gasteiger charge is -2.51. The van der Waals surface area contributed by atoms with Crippen molar-refractivity contribution < 1.29 is 18.3 Å². The van der Waals surface area contributed by atoms with E-state index in [1.807, 2.05) is 0 Å². The highest BCUT2D eigenvalue weighted by Gasteiger charge is 2.58. The number of carbonyl (C=O) groups excluding carboxylic acids is 1. The molecular weight excluding hydrogens is 204 g/mol. The van der Waals surface area contributed by atoms with Crippen LogP contribution in [0.5, 0.6) is 0 Å². The maximum Gasteiger partial charge on any atom is 0.322 e. The smallest absolute Gasteiger partial charge is 0.322 e. The fourth-order valence-electron chi connectivity index (χ4n) is 2.79. The number of hydrogen-bond acceptors (Lipinski definition) is 3. The first-order valence-corrected chi connectivity index (χ1v) is 5.15. The fraction of sp³-hybridized carbons (Fsp3) is 0.900. The molecule has 0 amide bonds. The highest BCUT2D eigenvalue weighted by molar-refractivity contribution is 5.75. The Morgan fingerprint density at radius 1 is 1.47 bits per heavy atom. The molecule has 1 atom stereocenters. The monoisotopic (exact) mass is 219 g/mol. The second kappa shape index (κ2) is 3.40. The largest absolute Gasteiger partial charge is 0.468 e. The van der Waals surface area contributed by atoms with Gasteiger partial charge in [0.05, 0.1) is 7.11 Å². The van der Waals surface area contributed by atoms with Gasteiger partial charge in [-0.1, -0.05) is 0 Å². The van der Waals surface area contributed by atoms with Crippen LogP contribution in [0.25, 0.3) is 0 Å². The normalized spacial score (nSPS) is 32.1. The Labute approximate surface area is 87.2 Å². The van der Waals surface area contributed by atoms with Gasteiger partial charge in [0.2, 0.25) is 5.92 Å². The maximum absolute atomic E-state index is 12.8. The summed E-state index contributed by atoms with van der Waals surface area (Å²) in [6.45, 7) is 0.621. The summed E-state index contributed by atoms with van der Waals surface area (Å²) in [4.78, 5) is 11.3. The van der Waals surface area contributed by atoms with Crippen molar-refractivity contribution in [3.63, 3.8) is 0 Å². The molecule has 1 N–H and O–H groups in total. The first-order valence-electron chi connectivity index (χ1n) is 5.15. The van der Waals surface area contributed by atoms with Gasteiger partial charge in [-0.2, -0.15) is 0 Å². The van der Waals surface area contributed by atoms with Crippen LogP contribution in [0.4, 0.5) is 8.78 Å². The fourth-order valence-corrected chi connectivity index (χ4v) is 2.79. The minimum absolute atomic E-state index is 0.0742. The molecule has 2 rings (SSSR count). The van der Waals surface area contributed by atoms with Crippen molar-refractivity contribution in [3.8, 4) is 0 Å². The molecule has 1 saturated carbocycles. The molecule has 0 aromatic rings. The van der Waals surface area contributed by atoms with Gasteiger partial charge in [-0.05, 0) is 24.8 Å². The molecule has 0 aromatic heterocycles. The molecule has 2 aliphatic rings. The predicted octanol–water partition coefficient (Wildman–Crippen LogP) is 1.33. The van der Waals surface area contributed by atoms with Crippen molar-refractivity contribution in [1.82, 2.24) is 5.32 Å². The number of ether oxygens (including phenoxy) is 1. The third-order valence-electron chi connectivity index (χ3n) is 3.44. The zero-order chi connectivity index (χ0) is 11.1. The molecule has 0 bridgehead atoms. The summed E-state index contributed by atoms with van der Waals surface area (Å²) in [7, 11) is 1.32. The molecule has 1 unspecified atom stereocenters. The van der Waals surface area contributed by atoms with Crippen LogP contribution in [0.2, 0.25) is 0 Å². The number of halogens is 2. The quantitative estimate of drug-likeness (QED) is 0.676. The van der Waals surface area contributed by atoms with E-state index < -0.39 is 12.0 Å². The summed E-state index contributed by atoms with van der Waals surface area (Å²) < 4.78 is 30.3. The maximum atomic E-state index is 12.8. The molecule has 1 aliphatic heterocycles. The van der Waals surface area contributed by atoms with E-state index in [2.05, 4.69) is 10.1 Å². The van der Waals surface area contributed by atoms with Crippen molar-refractivity contribution in [2.24, 2.45) is 5.41 Å². The van der Waals surface area contributed by atoms with Crippen molar-refractivity contribution in [1.29, 1.82) is 0 Å². The van der Waals surface area contributed by atoms with Crippen molar-refractivity contribution in [3.05, 3.63) is 0 Å². The third-order valence-corrected chi connectivity index (χ3v) is 3.44. The van der Waals surface area contributed by atoms with Gasteiger partial charge >= 0.3 is 5.97 Å². The molecule has 1 spiro atoms. The van der Waals surface area contributed by atoms with Gasteiger partial charge in [0.15, 0.2) is 0 Å². The van der Waals surface area contributed by atoms with Gasteiger partial charge in [0.25, 0.3) is 0 Å². The van der Waals surface area contributed by atoms with Crippen LogP contribution in [-0.2, 0) is 9.53 Å². The first-order chi connectivity index (χ1) is 6.96. The van der Waals surface area contributed by atoms with E-state index in [1.54, 1.807) is 0 Å². The predicted molar refractivity (Wildman–Crippen MR) is 49.7 cm³/mol. The lowest BCUT2D eigenvalue weighted by molar-refractivity contribution is -0.180. The summed E-state index contributed by atoms with van der Waals surface area (Å²) >= 11 is 0. The van der Waals surface area contributed by atoms with Crippen LogP contribution in [0.3, 0.4) is 0 Å². The SMILES string of the molecule is COC(=O)C1CC2(CCN1)CC(F)(F)C2. The molecule has 1 saturated heterocycles. The van der Waals surface area contributed by atoms with Crippen LogP contribution in [0, 0.1) is 5.41 Å². The Bertz CT molecular complexity index is 273. The molecule has 1 aliphatic carbocycles. The Balaban J connectivity index is 1.97. The molecule has 5 heteroatoms. The van der Waals surface area contributed by atoms with Gasteiger partial charge in [-0.15, -0.1) is 0 Å². The summed E-state index contributed by atoms with van der Waals surface area (Å²) in [5.41, 5.74) is -0.326. The van der Waals surface area contributed by atoms with Gasteiger partial charge in [-0.25, -0.2) is 8.78 Å². The molecule has 0 aromatic carbocycles. The lowest BCUT2D eigenvalue weighted by Crippen LogP contribution is -2.56. The van der Waals surface area contributed by atoms with Crippen LogP contribution < -0.4 is 5.32 Å². The summed E-state index contributed by atoms with van der Waals surface area (Å²) in [5.74, 6) is -2.86. The number of nitrogens with one attached hydrogen (secondary N) is 1. The summed E-state index contributed by atoms with van der Waals surface area (Å²) in [6, 6.07) is -0.403. The topological polar surface area (TPSA) is 38.3 Å². The number of rotatable bonds is 1. The number of carbonyl (C=O) groups is 1. The number of alkyl halides is 2. The highest BCUT2D eigenvalue weighted by atomic mass is 19.3.